The van der Waals surface area contributed by atoms with Crippen LogP contribution < -0.4 is 0 Å². The van der Waals surface area contributed by atoms with Crippen molar-refractivity contribution in [3.63, 3.8) is 0 Å². The average Bonchev–Trinajstić information content (AvgIpc) is 2.98. The quantitative estimate of drug-likeness (QED) is 0.704. The summed E-state index contributed by atoms with van der Waals surface area (Å²) in [5.74, 6) is 1.49. The smallest absolute Gasteiger partial charge is 0.223 e. The van der Waals surface area contributed by atoms with Crippen molar-refractivity contribution in [3.05, 3.63) is 54.1 Å². The first-order valence-electron chi connectivity index (χ1n) is 8.92. The first-order chi connectivity index (χ1) is 12.0. The molecule has 0 bridgehead atoms. The zero-order chi connectivity index (χ0) is 18.2. The summed E-state index contributed by atoms with van der Waals surface area (Å²) in [7, 11) is 4.06. The van der Waals surface area contributed by atoms with Crippen LogP contribution in [-0.2, 0) is 17.9 Å². The summed E-state index contributed by atoms with van der Waals surface area (Å²) in [6.45, 7) is 7.06. The normalized spacial score (nSPS) is 11.3. The second-order valence-corrected chi connectivity index (χ2v) is 7.17. The standard InChI is InChI=1S/C20H30N4O/c1-17(2)14-20(25)24(13-12-22(3)4)16-19-21-10-11-23(19)15-18-8-6-5-7-9-18/h5-11,17H,12-16H2,1-4H3. The zero-order valence-electron chi connectivity index (χ0n) is 15.9. The van der Waals surface area contributed by atoms with Crippen molar-refractivity contribution in [1.82, 2.24) is 19.4 Å². The van der Waals surface area contributed by atoms with E-state index in [0.717, 1.165) is 25.5 Å². The second kappa shape index (κ2) is 9.37. The van der Waals surface area contributed by atoms with Gasteiger partial charge < -0.3 is 14.4 Å². The Morgan fingerprint density at radius 2 is 1.88 bits per heavy atom. The topological polar surface area (TPSA) is 41.4 Å². The number of benzene rings is 1. The molecule has 2 rings (SSSR count). The Morgan fingerprint density at radius 1 is 1.16 bits per heavy atom. The number of likely N-dealkylation sites (N-methyl/N-ethyl adjacent to an activating group) is 1. The van der Waals surface area contributed by atoms with Crippen LogP contribution in [0.15, 0.2) is 42.7 Å². The number of nitrogens with zero attached hydrogens (tertiary/aromatic N) is 4. The lowest BCUT2D eigenvalue weighted by molar-refractivity contribution is -0.132. The molecule has 1 aromatic heterocycles. The predicted octanol–water partition coefficient (Wildman–Crippen LogP) is 2.87. The minimum atomic E-state index is 0.200. The van der Waals surface area contributed by atoms with Gasteiger partial charge in [-0.2, -0.15) is 0 Å². The maximum absolute atomic E-state index is 12.6. The molecule has 0 saturated carbocycles. The van der Waals surface area contributed by atoms with Crippen LogP contribution in [0.2, 0.25) is 0 Å². The molecule has 0 fully saturated rings. The number of hydrogen-bond donors (Lipinski definition) is 0. The number of imidazole rings is 1. The lowest BCUT2D eigenvalue weighted by Gasteiger charge is -2.25. The second-order valence-electron chi connectivity index (χ2n) is 7.17. The maximum Gasteiger partial charge on any atom is 0.223 e. The van der Waals surface area contributed by atoms with E-state index in [9.17, 15) is 4.79 Å². The molecule has 0 radical (unpaired) electrons. The van der Waals surface area contributed by atoms with E-state index >= 15 is 0 Å². The van der Waals surface area contributed by atoms with Crippen LogP contribution in [0.25, 0.3) is 0 Å². The van der Waals surface area contributed by atoms with Gasteiger partial charge in [0.25, 0.3) is 0 Å². The van der Waals surface area contributed by atoms with Crippen LogP contribution in [0.4, 0.5) is 0 Å². The lowest BCUT2D eigenvalue weighted by atomic mass is 10.1. The summed E-state index contributed by atoms with van der Waals surface area (Å²) in [6, 6.07) is 10.3. The Bertz CT molecular complexity index is 649. The molecule has 1 aromatic carbocycles. The van der Waals surface area contributed by atoms with E-state index in [4.69, 9.17) is 0 Å². The molecule has 0 aliphatic rings. The number of amides is 1. The third kappa shape index (κ3) is 6.35. The molecule has 5 nitrogen and oxygen atoms in total. The van der Waals surface area contributed by atoms with Gasteiger partial charge in [-0.3, -0.25) is 4.79 Å². The third-order valence-corrected chi connectivity index (χ3v) is 4.08. The van der Waals surface area contributed by atoms with Gasteiger partial charge >= 0.3 is 0 Å². The van der Waals surface area contributed by atoms with Crippen molar-refractivity contribution < 1.29 is 4.79 Å². The summed E-state index contributed by atoms with van der Waals surface area (Å²) in [5, 5.41) is 0. The van der Waals surface area contributed by atoms with Crippen LogP contribution in [0, 0.1) is 5.92 Å². The Hall–Kier alpha value is -2.14. The van der Waals surface area contributed by atoms with E-state index in [0.29, 0.717) is 18.9 Å². The molecule has 0 spiro atoms. The largest absolute Gasteiger partial charge is 0.334 e. The van der Waals surface area contributed by atoms with Gasteiger partial charge in [-0.05, 0) is 25.6 Å². The van der Waals surface area contributed by atoms with Crippen molar-refractivity contribution in [1.29, 1.82) is 0 Å². The van der Waals surface area contributed by atoms with Crippen molar-refractivity contribution in [2.24, 2.45) is 5.92 Å². The number of aromatic nitrogens is 2. The fourth-order valence-electron chi connectivity index (χ4n) is 2.68. The highest BCUT2D eigenvalue weighted by atomic mass is 16.2. The maximum atomic E-state index is 12.6. The summed E-state index contributed by atoms with van der Waals surface area (Å²) in [6.07, 6.45) is 4.38. The fraction of sp³-hybridized carbons (Fsp3) is 0.500. The molecule has 1 heterocycles. The van der Waals surface area contributed by atoms with Crippen LogP contribution >= 0.6 is 0 Å². The van der Waals surface area contributed by atoms with Gasteiger partial charge in [0.05, 0.1) is 6.54 Å². The molecule has 1 amide bonds. The summed E-state index contributed by atoms with van der Waals surface area (Å²) in [5.41, 5.74) is 1.23. The molecule has 2 aromatic rings. The number of hydrogen-bond acceptors (Lipinski definition) is 3. The Labute approximate surface area is 151 Å². The average molecular weight is 342 g/mol. The number of rotatable bonds is 9. The molecule has 5 heteroatoms. The van der Waals surface area contributed by atoms with E-state index < -0.39 is 0 Å². The highest BCUT2D eigenvalue weighted by Gasteiger charge is 2.18. The van der Waals surface area contributed by atoms with Crippen molar-refractivity contribution >= 4 is 5.91 Å². The van der Waals surface area contributed by atoms with Gasteiger partial charge in [-0.1, -0.05) is 44.2 Å². The first-order valence-corrected chi connectivity index (χ1v) is 8.92. The van der Waals surface area contributed by atoms with Gasteiger partial charge in [0.1, 0.15) is 5.82 Å². The Morgan fingerprint density at radius 3 is 2.52 bits per heavy atom. The van der Waals surface area contributed by atoms with Crippen molar-refractivity contribution in [3.8, 4) is 0 Å². The molecule has 136 valence electrons. The predicted molar refractivity (Wildman–Crippen MR) is 101 cm³/mol. The molecule has 0 saturated heterocycles. The number of carbonyl (C=O) groups is 1. The van der Waals surface area contributed by atoms with Crippen LogP contribution in [0.1, 0.15) is 31.7 Å². The summed E-state index contributed by atoms with van der Waals surface area (Å²) < 4.78 is 2.13. The monoisotopic (exact) mass is 342 g/mol. The molecular formula is C20H30N4O. The third-order valence-electron chi connectivity index (χ3n) is 4.08. The lowest BCUT2D eigenvalue weighted by Crippen LogP contribution is -2.37. The van der Waals surface area contributed by atoms with E-state index in [2.05, 4.69) is 40.4 Å². The molecule has 0 unspecified atom stereocenters. The van der Waals surface area contributed by atoms with Gasteiger partial charge in [0.2, 0.25) is 5.91 Å². The summed E-state index contributed by atoms with van der Waals surface area (Å²) in [4.78, 5) is 21.2. The van der Waals surface area contributed by atoms with Crippen LogP contribution in [0.5, 0.6) is 0 Å². The fourth-order valence-corrected chi connectivity index (χ4v) is 2.68. The van der Waals surface area contributed by atoms with Gasteiger partial charge in [0.15, 0.2) is 0 Å². The van der Waals surface area contributed by atoms with E-state index in [1.54, 1.807) is 0 Å². The molecule has 0 N–H and O–H groups in total. The van der Waals surface area contributed by atoms with E-state index in [-0.39, 0.29) is 5.91 Å². The van der Waals surface area contributed by atoms with Crippen molar-refractivity contribution in [2.75, 3.05) is 27.2 Å². The zero-order valence-corrected chi connectivity index (χ0v) is 15.9. The molecular weight excluding hydrogens is 312 g/mol. The van der Waals surface area contributed by atoms with E-state index in [1.165, 1.54) is 5.56 Å². The highest BCUT2D eigenvalue weighted by Crippen LogP contribution is 2.11. The van der Waals surface area contributed by atoms with Gasteiger partial charge in [-0.15, -0.1) is 0 Å². The van der Waals surface area contributed by atoms with Gasteiger partial charge in [-0.25, -0.2) is 4.98 Å². The van der Waals surface area contributed by atoms with E-state index in [1.807, 2.05) is 49.6 Å². The summed E-state index contributed by atoms with van der Waals surface area (Å²) >= 11 is 0. The minimum Gasteiger partial charge on any atom is -0.334 e. The Kier molecular flexibility index (Phi) is 7.19. The molecule has 0 atom stereocenters. The van der Waals surface area contributed by atoms with Crippen LogP contribution in [-0.4, -0.2) is 52.4 Å². The highest BCUT2D eigenvalue weighted by molar-refractivity contribution is 5.76. The van der Waals surface area contributed by atoms with Crippen molar-refractivity contribution in [2.45, 2.75) is 33.4 Å². The molecule has 0 aliphatic carbocycles. The SMILES string of the molecule is CC(C)CC(=O)N(CCN(C)C)Cc1nccn1Cc1ccccc1. The first kappa shape index (κ1) is 19.2. The number of carbonyl (C=O) groups excluding carboxylic acids is 1. The molecule has 0 aliphatic heterocycles. The van der Waals surface area contributed by atoms with Gasteiger partial charge in [0, 0.05) is 38.4 Å². The molecule has 25 heavy (non-hydrogen) atoms. The minimum absolute atomic E-state index is 0.200. The van der Waals surface area contributed by atoms with Crippen LogP contribution in [0.3, 0.4) is 0 Å². The Balaban J connectivity index is 2.09.